The molecule has 3 N–H and O–H groups in total. The number of hydrogen-bond donors (Lipinski definition) is 2. The van der Waals surface area contributed by atoms with Crippen molar-refractivity contribution >= 4 is 23.4 Å². The van der Waals surface area contributed by atoms with Crippen molar-refractivity contribution in [1.29, 1.82) is 0 Å². The lowest BCUT2D eigenvalue weighted by Crippen LogP contribution is -2.41. The molecule has 0 fully saturated rings. The van der Waals surface area contributed by atoms with Crippen LogP contribution in [0.4, 0.5) is 5.69 Å². The van der Waals surface area contributed by atoms with Gasteiger partial charge in [-0.2, -0.15) is 0 Å². The quantitative estimate of drug-likeness (QED) is 0.752. The molecule has 1 aromatic rings. The molecule has 0 bridgehead atoms. The maximum absolute atomic E-state index is 12.4. The smallest absolute Gasteiger partial charge is 0.231 e. The van der Waals surface area contributed by atoms with Crippen LogP contribution in [-0.4, -0.2) is 18.2 Å². The molecular formula is C15H24N2OS. The predicted octanol–water partition coefficient (Wildman–Crippen LogP) is 3.50. The van der Waals surface area contributed by atoms with Gasteiger partial charge in [0.05, 0.1) is 5.41 Å². The summed E-state index contributed by atoms with van der Waals surface area (Å²) in [6, 6.07) is 7.96. The maximum Gasteiger partial charge on any atom is 0.231 e. The number of hydrogen-bond acceptors (Lipinski definition) is 3. The summed E-state index contributed by atoms with van der Waals surface area (Å²) in [6.45, 7) is 6.53. The van der Waals surface area contributed by atoms with Crippen molar-refractivity contribution in [3.8, 4) is 0 Å². The van der Waals surface area contributed by atoms with Crippen molar-refractivity contribution in [2.45, 2.75) is 38.5 Å². The Balaban J connectivity index is 2.83. The van der Waals surface area contributed by atoms with Crippen LogP contribution in [-0.2, 0) is 4.79 Å². The highest BCUT2D eigenvalue weighted by Crippen LogP contribution is 2.28. The van der Waals surface area contributed by atoms with E-state index < -0.39 is 5.41 Å². The van der Waals surface area contributed by atoms with E-state index in [0.29, 0.717) is 6.54 Å². The fraction of sp³-hybridized carbons (Fsp3) is 0.533. The number of nitrogens with one attached hydrogen (secondary N) is 1. The van der Waals surface area contributed by atoms with Gasteiger partial charge in [-0.15, -0.1) is 11.8 Å². The third-order valence-electron chi connectivity index (χ3n) is 3.63. The van der Waals surface area contributed by atoms with Crippen LogP contribution < -0.4 is 11.1 Å². The van der Waals surface area contributed by atoms with Crippen molar-refractivity contribution in [2.24, 2.45) is 11.1 Å². The molecular weight excluding hydrogens is 256 g/mol. The van der Waals surface area contributed by atoms with E-state index >= 15 is 0 Å². The average Bonchev–Trinajstić information content (AvgIpc) is 2.42. The van der Waals surface area contributed by atoms with Crippen molar-refractivity contribution in [3.63, 3.8) is 0 Å². The zero-order valence-electron chi connectivity index (χ0n) is 12.0. The van der Waals surface area contributed by atoms with E-state index in [1.165, 1.54) is 4.90 Å². The maximum atomic E-state index is 12.4. The second-order valence-corrected chi connectivity index (χ2v) is 5.94. The second kappa shape index (κ2) is 7.56. The Morgan fingerprint density at radius 1 is 1.32 bits per heavy atom. The van der Waals surface area contributed by atoms with Crippen molar-refractivity contribution in [1.82, 2.24) is 0 Å². The van der Waals surface area contributed by atoms with Crippen molar-refractivity contribution in [3.05, 3.63) is 24.3 Å². The zero-order chi connectivity index (χ0) is 14.3. The second-order valence-electron chi connectivity index (χ2n) is 4.61. The molecule has 1 aromatic carbocycles. The molecule has 0 radical (unpaired) electrons. The van der Waals surface area contributed by atoms with E-state index in [-0.39, 0.29) is 5.91 Å². The van der Waals surface area contributed by atoms with E-state index in [1.54, 1.807) is 11.8 Å². The summed E-state index contributed by atoms with van der Waals surface area (Å²) >= 11 is 1.77. The molecule has 0 unspecified atom stereocenters. The third-order valence-corrected chi connectivity index (χ3v) is 4.50. The van der Waals surface area contributed by atoms with Crippen LogP contribution in [0.15, 0.2) is 29.2 Å². The minimum Gasteiger partial charge on any atom is -0.329 e. The van der Waals surface area contributed by atoms with Gasteiger partial charge >= 0.3 is 0 Å². The molecule has 1 amide bonds. The predicted molar refractivity (Wildman–Crippen MR) is 83.5 cm³/mol. The lowest BCUT2D eigenvalue weighted by atomic mass is 9.81. The Kier molecular flexibility index (Phi) is 6.38. The molecule has 0 aliphatic rings. The Bertz CT molecular complexity index is 408. The first kappa shape index (κ1) is 16.1. The monoisotopic (exact) mass is 280 g/mol. The van der Waals surface area contributed by atoms with Crippen LogP contribution in [0.1, 0.15) is 33.6 Å². The van der Waals surface area contributed by atoms with Crippen LogP contribution in [0.5, 0.6) is 0 Å². The first-order valence-electron chi connectivity index (χ1n) is 6.86. The number of anilines is 1. The van der Waals surface area contributed by atoms with Gasteiger partial charge in [-0.3, -0.25) is 4.79 Å². The van der Waals surface area contributed by atoms with Gasteiger partial charge in [-0.05, 0) is 36.8 Å². The van der Waals surface area contributed by atoms with E-state index in [9.17, 15) is 4.79 Å². The Morgan fingerprint density at radius 2 is 2.00 bits per heavy atom. The molecule has 0 aliphatic heterocycles. The lowest BCUT2D eigenvalue weighted by molar-refractivity contribution is -0.125. The van der Waals surface area contributed by atoms with Crippen molar-refractivity contribution in [2.75, 3.05) is 17.6 Å². The van der Waals surface area contributed by atoms with Gasteiger partial charge in [0.15, 0.2) is 0 Å². The van der Waals surface area contributed by atoms with Gasteiger partial charge in [-0.1, -0.05) is 26.8 Å². The van der Waals surface area contributed by atoms with Gasteiger partial charge in [0.2, 0.25) is 5.91 Å². The lowest BCUT2D eigenvalue weighted by Gasteiger charge is -2.28. The van der Waals surface area contributed by atoms with E-state index in [4.69, 9.17) is 5.73 Å². The molecule has 0 aliphatic carbocycles. The summed E-state index contributed by atoms with van der Waals surface area (Å²) in [6.07, 6.45) is 1.52. The van der Waals surface area contributed by atoms with Crippen LogP contribution in [0.25, 0.3) is 0 Å². The van der Waals surface area contributed by atoms with Gasteiger partial charge in [-0.25, -0.2) is 0 Å². The normalized spacial score (nSPS) is 11.4. The van der Waals surface area contributed by atoms with Gasteiger partial charge in [0, 0.05) is 17.1 Å². The summed E-state index contributed by atoms with van der Waals surface area (Å²) in [5.74, 6) is 1.05. The molecule has 19 heavy (non-hydrogen) atoms. The van der Waals surface area contributed by atoms with Crippen molar-refractivity contribution < 1.29 is 4.79 Å². The molecule has 0 saturated heterocycles. The number of nitrogens with two attached hydrogens (primary N) is 1. The minimum atomic E-state index is -0.450. The van der Waals surface area contributed by atoms with Gasteiger partial charge < -0.3 is 11.1 Å². The summed E-state index contributed by atoms with van der Waals surface area (Å²) in [4.78, 5) is 13.6. The Hall–Kier alpha value is -1.00. The summed E-state index contributed by atoms with van der Waals surface area (Å²) < 4.78 is 0. The number of thioether (sulfide) groups is 1. The number of benzene rings is 1. The number of carbonyl (C=O) groups is 1. The first-order chi connectivity index (χ1) is 9.11. The fourth-order valence-electron chi connectivity index (χ4n) is 2.05. The number of rotatable bonds is 7. The van der Waals surface area contributed by atoms with Crippen LogP contribution in [0.2, 0.25) is 0 Å². The van der Waals surface area contributed by atoms with Gasteiger partial charge in [0.25, 0.3) is 0 Å². The Labute approximate surface area is 120 Å². The third kappa shape index (κ3) is 3.98. The molecule has 3 nitrogen and oxygen atoms in total. The zero-order valence-corrected chi connectivity index (χ0v) is 12.8. The summed E-state index contributed by atoms with van der Waals surface area (Å²) in [5.41, 5.74) is 6.20. The SMILES string of the molecule is CCSc1cccc(NC(=O)C(CC)(CC)CN)c1. The highest BCUT2D eigenvalue weighted by molar-refractivity contribution is 7.99. The van der Waals surface area contributed by atoms with Crippen LogP contribution in [0, 0.1) is 5.41 Å². The average molecular weight is 280 g/mol. The molecule has 0 spiro atoms. The highest BCUT2D eigenvalue weighted by atomic mass is 32.2. The minimum absolute atomic E-state index is 0.0265. The van der Waals surface area contributed by atoms with E-state index in [2.05, 4.69) is 18.3 Å². The van der Waals surface area contributed by atoms with E-state index in [1.807, 2.05) is 32.0 Å². The van der Waals surface area contributed by atoms with E-state index in [0.717, 1.165) is 24.3 Å². The standard InChI is InChI=1S/C15H24N2OS/c1-4-15(5-2,11-16)14(18)17-12-8-7-9-13(10-12)19-6-3/h7-10H,4-6,11,16H2,1-3H3,(H,17,18). The summed E-state index contributed by atoms with van der Waals surface area (Å²) in [5, 5.41) is 3.00. The van der Waals surface area contributed by atoms with Crippen LogP contribution in [0.3, 0.4) is 0 Å². The first-order valence-corrected chi connectivity index (χ1v) is 7.84. The molecule has 0 atom stereocenters. The largest absolute Gasteiger partial charge is 0.329 e. The molecule has 0 heterocycles. The summed E-state index contributed by atoms with van der Waals surface area (Å²) in [7, 11) is 0. The molecule has 1 rings (SSSR count). The molecule has 4 heteroatoms. The molecule has 106 valence electrons. The van der Waals surface area contributed by atoms with Crippen LogP contribution >= 0.6 is 11.8 Å². The number of carbonyl (C=O) groups excluding carboxylic acids is 1. The number of amides is 1. The fourth-order valence-corrected chi connectivity index (χ4v) is 2.76. The molecule has 0 saturated carbocycles. The topological polar surface area (TPSA) is 55.1 Å². The molecule has 0 aromatic heterocycles. The van der Waals surface area contributed by atoms with Gasteiger partial charge in [0.1, 0.15) is 0 Å². The highest BCUT2D eigenvalue weighted by Gasteiger charge is 2.33. The Morgan fingerprint density at radius 3 is 2.53 bits per heavy atom.